The van der Waals surface area contributed by atoms with Crippen LogP contribution in [0.5, 0.6) is 0 Å². The average molecular weight is 324 g/mol. The highest BCUT2D eigenvalue weighted by atomic mass is 15.3. The third-order valence-electron chi connectivity index (χ3n) is 6.45. The first kappa shape index (κ1) is 12.5. The van der Waals surface area contributed by atoms with Gasteiger partial charge in [0.2, 0.25) is 0 Å². The zero-order chi connectivity index (χ0) is 16.1. The number of rotatable bonds is 0. The van der Waals surface area contributed by atoms with Crippen molar-refractivity contribution in [2.75, 3.05) is 9.80 Å². The fraction of sp³-hybridized carbons (Fsp3) is 0.238. The van der Waals surface area contributed by atoms with Crippen LogP contribution in [-0.2, 0) is 12.8 Å². The Morgan fingerprint density at radius 2 is 1.28 bits per heavy atom. The summed E-state index contributed by atoms with van der Waals surface area (Å²) in [6.07, 6.45) is 6.03. The van der Waals surface area contributed by atoms with Crippen LogP contribution in [-0.4, -0.2) is 22.1 Å². The highest BCUT2D eigenvalue weighted by molar-refractivity contribution is 5.88. The van der Waals surface area contributed by atoms with Gasteiger partial charge in [0.05, 0.1) is 0 Å². The van der Waals surface area contributed by atoms with Crippen LogP contribution in [0.25, 0.3) is 0 Å². The lowest BCUT2D eigenvalue weighted by atomic mass is 9.87. The van der Waals surface area contributed by atoms with Crippen LogP contribution in [0.15, 0.2) is 54.9 Å². The van der Waals surface area contributed by atoms with Crippen molar-refractivity contribution in [2.24, 2.45) is 0 Å². The fourth-order valence-corrected chi connectivity index (χ4v) is 5.67. The monoisotopic (exact) mass is 324 g/mol. The molecule has 2 aromatic heterocycles. The Hall–Kier alpha value is -2.88. The third kappa shape index (κ3) is 1.30. The second kappa shape index (κ2) is 4.02. The summed E-state index contributed by atoms with van der Waals surface area (Å²) in [5, 5.41) is 0. The topological polar surface area (TPSA) is 32.3 Å². The van der Waals surface area contributed by atoms with Crippen LogP contribution < -0.4 is 9.80 Å². The number of aromatic nitrogens is 2. The van der Waals surface area contributed by atoms with Gasteiger partial charge in [0.15, 0.2) is 0 Å². The van der Waals surface area contributed by atoms with Gasteiger partial charge in [0.1, 0.15) is 11.6 Å². The quantitative estimate of drug-likeness (QED) is 0.631. The Kier molecular flexibility index (Phi) is 2.01. The number of hydrogen-bond donors (Lipinski definition) is 0. The van der Waals surface area contributed by atoms with E-state index in [-0.39, 0.29) is 0 Å². The zero-order valence-electron chi connectivity index (χ0n) is 13.6. The normalized spacial score (nSPS) is 26.3. The molecule has 0 bridgehead atoms. The van der Waals surface area contributed by atoms with Gasteiger partial charge in [-0.3, -0.25) is 0 Å². The van der Waals surface area contributed by atoms with Gasteiger partial charge in [-0.25, -0.2) is 9.97 Å². The molecular formula is C21H16N4. The van der Waals surface area contributed by atoms with E-state index in [1.54, 1.807) is 0 Å². The fourth-order valence-electron chi connectivity index (χ4n) is 5.67. The smallest absolute Gasteiger partial charge is 0.136 e. The Balaban J connectivity index is 1.48. The van der Waals surface area contributed by atoms with Crippen molar-refractivity contribution in [2.45, 2.75) is 30.8 Å². The minimum absolute atomic E-state index is 0.491. The number of pyridine rings is 2. The van der Waals surface area contributed by atoms with Gasteiger partial charge in [-0.2, -0.15) is 0 Å². The molecule has 0 radical (unpaired) electrons. The lowest BCUT2D eigenvalue weighted by Crippen LogP contribution is -2.37. The molecule has 0 N–H and O–H groups in total. The predicted octanol–water partition coefficient (Wildman–Crippen LogP) is 3.71. The van der Waals surface area contributed by atoms with Crippen molar-refractivity contribution in [1.29, 1.82) is 0 Å². The minimum Gasteiger partial charge on any atom is -0.322 e. The van der Waals surface area contributed by atoms with E-state index in [0.717, 1.165) is 24.5 Å². The molecule has 1 aromatic carbocycles. The highest BCUT2D eigenvalue weighted by Crippen LogP contribution is 2.62. The molecule has 4 nitrogen and oxygen atoms in total. The molecule has 120 valence electrons. The van der Waals surface area contributed by atoms with Gasteiger partial charge < -0.3 is 9.80 Å². The molecule has 0 aliphatic carbocycles. The molecule has 2 atom stereocenters. The summed E-state index contributed by atoms with van der Waals surface area (Å²) in [5.41, 5.74) is 7.00. The molecule has 0 amide bonds. The minimum atomic E-state index is 0.491. The third-order valence-corrected chi connectivity index (χ3v) is 6.45. The molecule has 4 aliphatic rings. The molecular weight excluding hydrogens is 308 g/mol. The van der Waals surface area contributed by atoms with E-state index in [0.29, 0.717) is 18.0 Å². The van der Waals surface area contributed by atoms with Crippen LogP contribution in [0.4, 0.5) is 23.0 Å². The van der Waals surface area contributed by atoms with Gasteiger partial charge in [0.25, 0.3) is 0 Å². The molecule has 7 rings (SSSR count). The van der Waals surface area contributed by atoms with Crippen LogP contribution in [0, 0.1) is 0 Å². The van der Waals surface area contributed by atoms with E-state index in [1.807, 2.05) is 12.4 Å². The van der Waals surface area contributed by atoms with Crippen LogP contribution in [0.2, 0.25) is 0 Å². The second-order valence-corrected chi connectivity index (χ2v) is 7.49. The molecule has 3 aromatic rings. The highest BCUT2D eigenvalue weighted by Gasteiger charge is 2.56. The SMILES string of the molecule is c1cnc2c(c1)CC1C3c4c(cccc4N4c5ncccc5CC34)N21. The van der Waals surface area contributed by atoms with E-state index in [4.69, 9.17) is 9.97 Å². The first-order chi connectivity index (χ1) is 12.4. The lowest BCUT2D eigenvalue weighted by Gasteiger charge is -2.29. The van der Waals surface area contributed by atoms with Crippen molar-refractivity contribution in [1.82, 2.24) is 9.97 Å². The molecule has 6 heterocycles. The van der Waals surface area contributed by atoms with Crippen molar-refractivity contribution >= 4 is 23.0 Å². The standard InChI is InChI=1S/C21H16N4/c1-6-14-18-15(7-1)25-17(11-13-5-3-9-23-21(13)25)19(18)16-10-12-4-2-8-22-20(12)24(14)16/h1-9,16-17,19H,10-11H2. The number of hydrogen-bond acceptors (Lipinski definition) is 4. The van der Waals surface area contributed by atoms with E-state index in [9.17, 15) is 0 Å². The molecule has 0 fully saturated rings. The summed E-state index contributed by atoms with van der Waals surface area (Å²) < 4.78 is 0. The van der Waals surface area contributed by atoms with E-state index >= 15 is 0 Å². The maximum atomic E-state index is 4.71. The van der Waals surface area contributed by atoms with Gasteiger partial charge in [-0.1, -0.05) is 18.2 Å². The zero-order valence-corrected chi connectivity index (χ0v) is 13.6. The lowest BCUT2D eigenvalue weighted by molar-refractivity contribution is 0.503. The van der Waals surface area contributed by atoms with Crippen molar-refractivity contribution in [3.05, 3.63) is 71.5 Å². The molecule has 4 heteroatoms. The summed E-state index contributed by atoms with van der Waals surface area (Å²) in [5.74, 6) is 2.86. The van der Waals surface area contributed by atoms with Crippen molar-refractivity contribution in [3.8, 4) is 0 Å². The van der Waals surface area contributed by atoms with E-state index in [2.05, 4.69) is 52.3 Å². The van der Waals surface area contributed by atoms with Gasteiger partial charge in [-0.15, -0.1) is 0 Å². The number of nitrogens with zero attached hydrogens (tertiary/aromatic N) is 4. The van der Waals surface area contributed by atoms with E-state index < -0.39 is 0 Å². The molecule has 2 unspecified atom stereocenters. The van der Waals surface area contributed by atoms with Gasteiger partial charge in [0, 0.05) is 47.3 Å². The molecule has 0 spiro atoms. The summed E-state index contributed by atoms with van der Waals surface area (Å²) >= 11 is 0. The Morgan fingerprint density at radius 1 is 0.720 bits per heavy atom. The van der Waals surface area contributed by atoms with Crippen LogP contribution in [0.1, 0.15) is 22.6 Å². The molecule has 0 saturated heterocycles. The summed E-state index contributed by atoms with van der Waals surface area (Å²) in [7, 11) is 0. The Bertz CT molecular complexity index is 980. The maximum Gasteiger partial charge on any atom is 0.136 e. The maximum absolute atomic E-state index is 4.71. The van der Waals surface area contributed by atoms with Crippen LogP contribution >= 0.6 is 0 Å². The van der Waals surface area contributed by atoms with Crippen molar-refractivity contribution in [3.63, 3.8) is 0 Å². The first-order valence-corrected chi connectivity index (χ1v) is 9.01. The largest absolute Gasteiger partial charge is 0.322 e. The second-order valence-electron chi connectivity index (χ2n) is 7.49. The summed E-state index contributed by atoms with van der Waals surface area (Å²) in [6.45, 7) is 0. The molecule has 4 aliphatic heterocycles. The molecule has 0 saturated carbocycles. The summed E-state index contributed by atoms with van der Waals surface area (Å²) in [4.78, 5) is 14.4. The van der Waals surface area contributed by atoms with Crippen molar-refractivity contribution < 1.29 is 0 Å². The van der Waals surface area contributed by atoms with E-state index in [1.165, 1.54) is 28.1 Å². The number of anilines is 4. The van der Waals surface area contributed by atoms with Crippen LogP contribution in [0.3, 0.4) is 0 Å². The average Bonchev–Trinajstić information content (AvgIpc) is 3.35. The molecule has 25 heavy (non-hydrogen) atoms. The summed E-state index contributed by atoms with van der Waals surface area (Å²) in [6, 6.07) is 16.3. The Labute approximate surface area is 145 Å². The number of benzene rings is 1. The number of fused-ring (bicyclic) bond motifs is 10. The Morgan fingerprint density at radius 3 is 1.84 bits per heavy atom. The predicted molar refractivity (Wildman–Crippen MR) is 96.9 cm³/mol. The van der Waals surface area contributed by atoms with Gasteiger partial charge in [-0.05, 0) is 48.2 Å². The van der Waals surface area contributed by atoms with Gasteiger partial charge >= 0.3 is 0 Å². The first-order valence-electron chi connectivity index (χ1n) is 9.01.